The first-order valence-electron chi connectivity index (χ1n) is 2.91. The van der Waals surface area contributed by atoms with Crippen LogP contribution in [0.5, 0.6) is 0 Å². The molecule has 12 heavy (non-hydrogen) atoms. The van der Waals surface area contributed by atoms with E-state index in [4.69, 9.17) is 11.6 Å². The van der Waals surface area contributed by atoms with Crippen LogP contribution in [0, 0.1) is 0 Å². The van der Waals surface area contributed by atoms with Gasteiger partial charge in [-0.25, -0.2) is 0 Å². The SMILES string of the molecule is FP(F)(F)(F)c1ccc(Cl)cc1. The van der Waals surface area contributed by atoms with Crippen LogP contribution < -0.4 is 5.30 Å². The molecule has 0 fully saturated rings. The van der Waals surface area contributed by atoms with Crippen molar-refractivity contribution in [3.05, 3.63) is 29.3 Å². The molecule has 1 rings (SSSR count). The molecule has 0 saturated carbocycles. The fraction of sp³-hybridized carbons (Fsp3) is 0. The molecule has 0 spiro atoms. The molecular formula is C6H4ClF4P. The van der Waals surface area contributed by atoms with Crippen LogP contribution in [0.15, 0.2) is 24.3 Å². The molecule has 0 radical (unpaired) electrons. The molecule has 1 aromatic rings. The average molecular weight is 219 g/mol. The molecule has 0 bridgehead atoms. The molecule has 0 heterocycles. The van der Waals surface area contributed by atoms with Crippen molar-refractivity contribution in [1.82, 2.24) is 0 Å². The van der Waals surface area contributed by atoms with Gasteiger partial charge in [-0.3, -0.25) is 0 Å². The van der Waals surface area contributed by atoms with Crippen molar-refractivity contribution in [2.24, 2.45) is 0 Å². The molecule has 0 N–H and O–H groups in total. The van der Waals surface area contributed by atoms with E-state index in [9.17, 15) is 16.8 Å². The molecule has 68 valence electrons. The Morgan fingerprint density at radius 2 is 1.33 bits per heavy atom. The van der Waals surface area contributed by atoms with Crippen LogP contribution in [0.1, 0.15) is 0 Å². The minimum atomic E-state index is -7.57. The molecule has 0 saturated heterocycles. The van der Waals surface area contributed by atoms with Gasteiger partial charge < -0.3 is 0 Å². The van der Waals surface area contributed by atoms with Crippen molar-refractivity contribution in [3.63, 3.8) is 0 Å². The maximum atomic E-state index is 12.0. The third-order valence-corrected chi connectivity index (χ3v) is 2.55. The van der Waals surface area contributed by atoms with Crippen molar-refractivity contribution in [2.75, 3.05) is 0 Å². The summed E-state index contributed by atoms with van der Waals surface area (Å²) >= 11 is 5.33. The summed E-state index contributed by atoms with van der Waals surface area (Å²) < 4.78 is 48.1. The van der Waals surface area contributed by atoms with E-state index < -0.39 is 13.2 Å². The molecule has 1 aromatic carbocycles. The summed E-state index contributed by atoms with van der Waals surface area (Å²) in [5.41, 5.74) is 0. The van der Waals surface area contributed by atoms with Crippen molar-refractivity contribution >= 4 is 24.8 Å². The molecular weight excluding hydrogens is 214 g/mol. The van der Waals surface area contributed by atoms with Gasteiger partial charge in [-0.05, 0) is 0 Å². The van der Waals surface area contributed by atoms with E-state index in [1.165, 1.54) is 0 Å². The Bertz CT molecular complexity index is 279. The predicted octanol–water partition coefficient (Wildman–Crippen LogP) is 4.06. The number of hydrogen-bond donors (Lipinski definition) is 0. The van der Waals surface area contributed by atoms with E-state index in [1.807, 2.05) is 0 Å². The Hall–Kier alpha value is -0.340. The zero-order chi connectivity index (χ0) is 9.43. The molecule has 0 aliphatic heterocycles. The molecule has 0 amide bonds. The molecule has 0 atom stereocenters. The normalized spacial score (nSPS) is 15.2. The quantitative estimate of drug-likeness (QED) is 0.493. The monoisotopic (exact) mass is 218 g/mol. The van der Waals surface area contributed by atoms with Crippen LogP contribution in [0.25, 0.3) is 0 Å². The predicted molar refractivity (Wildman–Crippen MR) is 42.4 cm³/mol. The van der Waals surface area contributed by atoms with Crippen molar-refractivity contribution in [3.8, 4) is 0 Å². The summed E-state index contributed by atoms with van der Waals surface area (Å²) in [6, 6.07) is 3.30. The topological polar surface area (TPSA) is 0 Å². The summed E-state index contributed by atoms with van der Waals surface area (Å²) in [5.74, 6) is 0. The Kier molecular flexibility index (Phi) is 2.09. The summed E-state index contributed by atoms with van der Waals surface area (Å²) in [6.07, 6.45) is 0. The van der Waals surface area contributed by atoms with Gasteiger partial charge in [0.1, 0.15) is 0 Å². The van der Waals surface area contributed by atoms with E-state index in [0.717, 1.165) is 12.1 Å². The first-order chi connectivity index (χ1) is 5.26. The fourth-order valence-corrected chi connectivity index (χ4v) is 1.39. The van der Waals surface area contributed by atoms with Crippen LogP contribution in [0.3, 0.4) is 0 Å². The third kappa shape index (κ3) is 2.32. The van der Waals surface area contributed by atoms with Gasteiger partial charge in [0.15, 0.2) is 0 Å². The second kappa shape index (κ2) is 2.57. The van der Waals surface area contributed by atoms with Gasteiger partial charge in [0.05, 0.1) is 0 Å². The van der Waals surface area contributed by atoms with Gasteiger partial charge in [0.25, 0.3) is 0 Å². The Labute approximate surface area is 71.6 Å². The molecule has 6 heteroatoms. The van der Waals surface area contributed by atoms with Crippen LogP contribution in [-0.4, -0.2) is 0 Å². The Morgan fingerprint density at radius 1 is 0.917 bits per heavy atom. The number of rotatable bonds is 1. The van der Waals surface area contributed by atoms with Crippen LogP contribution in [0.2, 0.25) is 5.02 Å². The summed E-state index contributed by atoms with van der Waals surface area (Å²) in [6.45, 7) is 0. The summed E-state index contributed by atoms with van der Waals surface area (Å²) in [4.78, 5) is 0. The third-order valence-electron chi connectivity index (χ3n) is 1.22. The minimum absolute atomic E-state index is 0.152. The van der Waals surface area contributed by atoms with Crippen molar-refractivity contribution in [2.45, 2.75) is 0 Å². The zero-order valence-corrected chi connectivity index (χ0v) is 7.30. The van der Waals surface area contributed by atoms with Crippen molar-refractivity contribution in [1.29, 1.82) is 0 Å². The maximum absolute atomic E-state index is 12.0. The summed E-state index contributed by atoms with van der Waals surface area (Å²) in [7, 11) is -7.57. The van der Waals surface area contributed by atoms with E-state index in [2.05, 4.69) is 0 Å². The van der Waals surface area contributed by atoms with Gasteiger partial charge >= 0.3 is 70.8 Å². The summed E-state index contributed by atoms with van der Waals surface area (Å²) in [5, 5.41) is -1.08. The van der Waals surface area contributed by atoms with Gasteiger partial charge in [-0.1, -0.05) is 0 Å². The number of hydrogen-bond acceptors (Lipinski definition) is 0. The van der Waals surface area contributed by atoms with E-state index in [1.54, 1.807) is 0 Å². The van der Waals surface area contributed by atoms with Crippen molar-refractivity contribution < 1.29 is 16.8 Å². The first kappa shape index (κ1) is 9.75. The van der Waals surface area contributed by atoms with Crippen LogP contribution in [-0.2, 0) is 0 Å². The Morgan fingerprint density at radius 3 is 1.67 bits per heavy atom. The average Bonchev–Trinajstić information content (AvgIpc) is 1.84. The number of benzene rings is 1. The zero-order valence-electron chi connectivity index (χ0n) is 5.65. The van der Waals surface area contributed by atoms with Gasteiger partial charge in [0.2, 0.25) is 0 Å². The molecule has 0 aromatic heterocycles. The van der Waals surface area contributed by atoms with Gasteiger partial charge in [-0.2, -0.15) is 0 Å². The van der Waals surface area contributed by atoms with Gasteiger partial charge in [-0.15, -0.1) is 0 Å². The van der Waals surface area contributed by atoms with E-state index >= 15 is 0 Å². The van der Waals surface area contributed by atoms with E-state index in [-0.39, 0.29) is 5.02 Å². The van der Waals surface area contributed by atoms with Crippen LogP contribution >= 0.6 is 19.4 Å². The Balaban J connectivity index is 3.15. The molecule has 0 aliphatic carbocycles. The van der Waals surface area contributed by atoms with Crippen LogP contribution in [0.4, 0.5) is 16.8 Å². The fourth-order valence-electron chi connectivity index (χ4n) is 0.666. The van der Waals surface area contributed by atoms with E-state index in [0.29, 0.717) is 12.1 Å². The first-order valence-corrected chi connectivity index (χ1v) is 5.09. The molecule has 0 aliphatic rings. The second-order valence-electron chi connectivity index (χ2n) is 2.20. The second-order valence-corrected chi connectivity index (χ2v) is 4.59. The molecule has 0 unspecified atom stereocenters. The molecule has 0 nitrogen and oxygen atoms in total. The van der Waals surface area contributed by atoms with Gasteiger partial charge in [0, 0.05) is 0 Å². The number of halogens is 5. The standard InChI is InChI=1S/C6H4ClF4P/c7-5-1-3-6(4-2-5)12(8,9,10)11/h1-4H.